The van der Waals surface area contributed by atoms with E-state index in [4.69, 9.17) is 5.73 Å². The van der Waals surface area contributed by atoms with E-state index >= 15 is 0 Å². The zero-order valence-electron chi connectivity index (χ0n) is 15.1. The van der Waals surface area contributed by atoms with Crippen LogP contribution in [0.25, 0.3) is 11.3 Å². The van der Waals surface area contributed by atoms with Crippen LogP contribution in [0.4, 0.5) is 17.5 Å². The van der Waals surface area contributed by atoms with Crippen LogP contribution in [-0.4, -0.2) is 33.0 Å². The lowest BCUT2D eigenvalue weighted by Crippen LogP contribution is -2.12. The first-order valence-electron chi connectivity index (χ1n) is 9.28. The number of hydrogen-bond acceptors (Lipinski definition) is 7. The van der Waals surface area contributed by atoms with Crippen LogP contribution in [0.5, 0.6) is 0 Å². The Hall–Kier alpha value is -3.06. The molecule has 0 unspecified atom stereocenters. The highest BCUT2D eigenvalue weighted by molar-refractivity contribution is 5.62. The topological polar surface area (TPSA) is 102 Å². The molecule has 0 bridgehead atoms. The predicted molar refractivity (Wildman–Crippen MR) is 107 cm³/mol. The molecular formula is C20H23N7. The van der Waals surface area contributed by atoms with Crippen molar-refractivity contribution in [1.82, 2.24) is 19.9 Å². The van der Waals surface area contributed by atoms with Gasteiger partial charge in [-0.25, -0.2) is 4.98 Å². The Morgan fingerprint density at radius 1 is 1.07 bits per heavy atom. The van der Waals surface area contributed by atoms with E-state index < -0.39 is 0 Å². The molecule has 1 fully saturated rings. The van der Waals surface area contributed by atoms with Crippen LogP contribution in [0.2, 0.25) is 0 Å². The van der Waals surface area contributed by atoms with Crippen LogP contribution >= 0.6 is 0 Å². The summed E-state index contributed by atoms with van der Waals surface area (Å²) in [7, 11) is 0. The van der Waals surface area contributed by atoms with E-state index in [1.54, 1.807) is 18.6 Å². The molecule has 1 aliphatic carbocycles. The molecular weight excluding hydrogens is 338 g/mol. The van der Waals surface area contributed by atoms with E-state index in [2.05, 4.69) is 30.6 Å². The molecule has 0 amide bonds. The van der Waals surface area contributed by atoms with Crippen LogP contribution in [-0.2, 0) is 0 Å². The van der Waals surface area contributed by atoms with Crippen molar-refractivity contribution < 1.29 is 0 Å². The molecule has 0 aromatic carbocycles. The smallest absolute Gasteiger partial charge is 0.229 e. The summed E-state index contributed by atoms with van der Waals surface area (Å²) >= 11 is 0. The lowest BCUT2D eigenvalue weighted by Gasteiger charge is -2.12. The number of aromatic nitrogens is 4. The van der Waals surface area contributed by atoms with Crippen molar-refractivity contribution >= 4 is 17.5 Å². The molecule has 4 rings (SSSR count). The molecule has 1 aliphatic rings. The van der Waals surface area contributed by atoms with Gasteiger partial charge in [0.1, 0.15) is 5.82 Å². The van der Waals surface area contributed by atoms with Crippen LogP contribution < -0.4 is 16.4 Å². The number of rotatable bonds is 8. The fraction of sp³-hybridized carbons (Fsp3) is 0.300. The van der Waals surface area contributed by atoms with Crippen molar-refractivity contribution in [2.45, 2.75) is 25.2 Å². The van der Waals surface area contributed by atoms with Gasteiger partial charge in [-0.3, -0.25) is 9.97 Å². The van der Waals surface area contributed by atoms with E-state index in [0.29, 0.717) is 18.4 Å². The first-order chi connectivity index (χ1) is 13.3. The Bertz CT molecular complexity index is 877. The standard InChI is InChI=1S/C20H23N7/c21-8-2-10-23-19-17(14-4-5-14)13-25-20(27-19)26-16-6-7-18(24-12-16)15-3-1-9-22-11-15/h1,3,6-7,9,11-14H,2,4-5,8,10,21H2,(H2,23,25,26,27). The molecule has 0 radical (unpaired) electrons. The van der Waals surface area contributed by atoms with Gasteiger partial charge in [-0.15, -0.1) is 0 Å². The lowest BCUT2D eigenvalue weighted by atomic mass is 10.2. The molecule has 0 atom stereocenters. The van der Waals surface area contributed by atoms with E-state index in [1.807, 2.05) is 30.5 Å². The minimum absolute atomic E-state index is 0.561. The normalized spacial score (nSPS) is 13.4. The molecule has 7 nitrogen and oxygen atoms in total. The molecule has 1 saturated carbocycles. The van der Waals surface area contributed by atoms with Crippen LogP contribution in [0, 0.1) is 0 Å². The van der Waals surface area contributed by atoms with Crippen LogP contribution in [0.3, 0.4) is 0 Å². The molecule has 3 aromatic rings. The van der Waals surface area contributed by atoms with Crippen molar-refractivity contribution in [2.24, 2.45) is 5.73 Å². The number of nitrogens with two attached hydrogens (primary N) is 1. The van der Waals surface area contributed by atoms with Gasteiger partial charge >= 0.3 is 0 Å². The van der Waals surface area contributed by atoms with E-state index in [1.165, 1.54) is 18.4 Å². The maximum atomic E-state index is 5.59. The monoisotopic (exact) mass is 361 g/mol. The first-order valence-corrected chi connectivity index (χ1v) is 9.28. The van der Waals surface area contributed by atoms with Crippen LogP contribution in [0.1, 0.15) is 30.7 Å². The van der Waals surface area contributed by atoms with E-state index in [0.717, 1.165) is 35.7 Å². The third-order valence-electron chi connectivity index (χ3n) is 4.48. The van der Waals surface area contributed by atoms with Crippen molar-refractivity contribution in [2.75, 3.05) is 23.7 Å². The fourth-order valence-electron chi connectivity index (χ4n) is 2.88. The SMILES string of the molecule is NCCCNc1nc(Nc2ccc(-c3cccnc3)nc2)ncc1C1CC1. The minimum Gasteiger partial charge on any atom is -0.370 e. The second kappa shape index (κ2) is 8.09. The maximum Gasteiger partial charge on any atom is 0.229 e. The highest BCUT2D eigenvalue weighted by atomic mass is 15.1. The quantitative estimate of drug-likeness (QED) is 0.529. The average Bonchev–Trinajstić information content (AvgIpc) is 3.55. The number of nitrogens with one attached hydrogen (secondary N) is 2. The summed E-state index contributed by atoms with van der Waals surface area (Å²) in [6.45, 7) is 1.48. The highest BCUT2D eigenvalue weighted by Gasteiger charge is 2.27. The number of anilines is 3. The van der Waals surface area contributed by atoms with Gasteiger partial charge in [0.2, 0.25) is 5.95 Å². The third-order valence-corrected chi connectivity index (χ3v) is 4.48. The Balaban J connectivity index is 1.49. The highest BCUT2D eigenvalue weighted by Crippen LogP contribution is 2.42. The molecule has 4 N–H and O–H groups in total. The molecule has 0 saturated heterocycles. The largest absolute Gasteiger partial charge is 0.370 e. The summed E-state index contributed by atoms with van der Waals surface area (Å²) in [6.07, 6.45) is 10.6. The molecule has 3 heterocycles. The van der Waals surface area contributed by atoms with Crippen molar-refractivity contribution in [3.63, 3.8) is 0 Å². The van der Waals surface area contributed by atoms with Gasteiger partial charge in [-0.2, -0.15) is 4.98 Å². The van der Waals surface area contributed by atoms with Crippen molar-refractivity contribution in [3.8, 4) is 11.3 Å². The second-order valence-electron chi connectivity index (χ2n) is 6.64. The average molecular weight is 361 g/mol. The zero-order valence-corrected chi connectivity index (χ0v) is 15.1. The minimum atomic E-state index is 0.561. The maximum absolute atomic E-state index is 5.59. The Kier molecular flexibility index (Phi) is 5.20. The van der Waals surface area contributed by atoms with E-state index in [-0.39, 0.29) is 0 Å². The third kappa shape index (κ3) is 4.38. The van der Waals surface area contributed by atoms with Gasteiger partial charge in [-0.05, 0) is 56.0 Å². The molecule has 0 spiro atoms. The number of pyridine rings is 2. The van der Waals surface area contributed by atoms with Gasteiger partial charge in [-0.1, -0.05) is 0 Å². The van der Waals surface area contributed by atoms with Gasteiger partial charge in [0.15, 0.2) is 0 Å². The summed E-state index contributed by atoms with van der Waals surface area (Å²) in [5.74, 6) is 2.05. The summed E-state index contributed by atoms with van der Waals surface area (Å²) < 4.78 is 0. The summed E-state index contributed by atoms with van der Waals surface area (Å²) in [6, 6.07) is 7.81. The van der Waals surface area contributed by atoms with Gasteiger partial charge in [0.05, 0.1) is 17.6 Å². The summed E-state index contributed by atoms with van der Waals surface area (Å²) in [5.41, 5.74) is 9.50. The second-order valence-corrected chi connectivity index (χ2v) is 6.64. The first kappa shape index (κ1) is 17.4. The van der Waals surface area contributed by atoms with E-state index in [9.17, 15) is 0 Å². The fourth-order valence-corrected chi connectivity index (χ4v) is 2.88. The van der Waals surface area contributed by atoms with Gasteiger partial charge in [0.25, 0.3) is 0 Å². The zero-order chi connectivity index (χ0) is 18.5. The Morgan fingerprint density at radius 3 is 2.70 bits per heavy atom. The molecule has 27 heavy (non-hydrogen) atoms. The van der Waals surface area contributed by atoms with Crippen LogP contribution in [0.15, 0.2) is 49.1 Å². The van der Waals surface area contributed by atoms with Gasteiger partial charge < -0.3 is 16.4 Å². The number of nitrogens with zero attached hydrogens (tertiary/aromatic N) is 4. The Morgan fingerprint density at radius 2 is 2.00 bits per heavy atom. The van der Waals surface area contributed by atoms with Crippen molar-refractivity contribution in [3.05, 3.63) is 54.6 Å². The predicted octanol–water partition coefficient (Wildman–Crippen LogP) is 3.32. The molecule has 138 valence electrons. The lowest BCUT2D eigenvalue weighted by molar-refractivity contribution is 0.865. The molecule has 7 heteroatoms. The van der Waals surface area contributed by atoms with Crippen molar-refractivity contribution in [1.29, 1.82) is 0 Å². The summed E-state index contributed by atoms with van der Waals surface area (Å²) in [5, 5.41) is 6.63. The summed E-state index contributed by atoms with van der Waals surface area (Å²) in [4.78, 5) is 17.8. The van der Waals surface area contributed by atoms with Gasteiger partial charge in [0, 0.05) is 36.3 Å². The molecule has 3 aromatic heterocycles. The Labute approximate surface area is 158 Å². The molecule has 0 aliphatic heterocycles. The number of hydrogen-bond donors (Lipinski definition) is 3.